The van der Waals surface area contributed by atoms with Crippen molar-refractivity contribution in [3.05, 3.63) is 72.3 Å². The molecule has 5 rings (SSSR count). The highest BCUT2D eigenvalue weighted by Crippen LogP contribution is 2.31. The SMILES string of the molecule is COc1ccc(CCN(C(C)=O)C2CC(=O)N(c3ccc(-c4nc5ccccc5o4)cc3)C2=O)cc1OC. The van der Waals surface area contributed by atoms with Gasteiger partial charge in [-0.15, -0.1) is 0 Å². The molecular weight excluding hydrogens is 486 g/mol. The summed E-state index contributed by atoms with van der Waals surface area (Å²) in [6, 6.07) is 19.0. The molecule has 9 nitrogen and oxygen atoms in total. The highest BCUT2D eigenvalue weighted by Gasteiger charge is 2.43. The van der Waals surface area contributed by atoms with E-state index in [0.717, 1.165) is 21.5 Å². The maximum absolute atomic E-state index is 13.4. The first kappa shape index (κ1) is 25.0. The normalized spacial score (nSPS) is 15.2. The van der Waals surface area contributed by atoms with Crippen LogP contribution in [0.2, 0.25) is 0 Å². The number of anilines is 1. The number of hydrogen-bond acceptors (Lipinski definition) is 7. The van der Waals surface area contributed by atoms with E-state index in [4.69, 9.17) is 13.9 Å². The number of rotatable bonds is 8. The number of para-hydroxylation sites is 2. The summed E-state index contributed by atoms with van der Waals surface area (Å²) in [5.74, 6) is 0.587. The molecule has 1 atom stereocenters. The zero-order valence-electron chi connectivity index (χ0n) is 21.3. The van der Waals surface area contributed by atoms with E-state index < -0.39 is 11.9 Å². The summed E-state index contributed by atoms with van der Waals surface area (Å²) in [6.07, 6.45) is 0.411. The van der Waals surface area contributed by atoms with Gasteiger partial charge in [0.15, 0.2) is 17.1 Å². The second kappa shape index (κ2) is 10.4. The van der Waals surface area contributed by atoms with Crippen LogP contribution in [0.15, 0.2) is 71.1 Å². The molecule has 1 aliphatic rings. The Bertz CT molecular complexity index is 1480. The summed E-state index contributed by atoms with van der Waals surface area (Å²) in [6.45, 7) is 1.68. The van der Waals surface area contributed by atoms with E-state index in [2.05, 4.69) is 4.98 Å². The van der Waals surface area contributed by atoms with Crippen molar-refractivity contribution in [2.45, 2.75) is 25.8 Å². The lowest BCUT2D eigenvalue weighted by molar-refractivity contribution is -0.136. The largest absolute Gasteiger partial charge is 0.493 e. The van der Waals surface area contributed by atoms with Gasteiger partial charge in [-0.1, -0.05) is 18.2 Å². The zero-order valence-corrected chi connectivity index (χ0v) is 21.3. The van der Waals surface area contributed by atoms with Crippen molar-refractivity contribution in [3.63, 3.8) is 0 Å². The molecule has 0 bridgehead atoms. The minimum absolute atomic E-state index is 0.0722. The summed E-state index contributed by atoms with van der Waals surface area (Å²) in [4.78, 5) is 45.9. The molecule has 0 saturated carbocycles. The van der Waals surface area contributed by atoms with Crippen molar-refractivity contribution in [1.29, 1.82) is 0 Å². The van der Waals surface area contributed by atoms with Gasteiger partial charge in [-0.25, -0.2) is 9.88 Å². The third-order valence-corrected chi connectivity index (χ3v) is 6.66. The standard InChI is InChI=1S/C29H27N3O6/c1-18(33)31(15-14-19-8-13-25(36-2)26(16-19)37-3)23-17-27(34)32(29(23)35)21-11-9-20(10-12-21)28-30-22-6-4-5-7-24(22)38-28/h4-13,16,23H,14-15,17H2,1-3H3. The Morgan fingerprint density at radius 1 is 1.03 bits per heavy atom. The minimum atomic E-state index is -0.864. The molecule has 1 fully saturated rings. The molecule has 0 radical (unpaired) electrons. The average Bonchev–Trinajstić information content (AvgIpc) is 3.49. The first-order valence-electron chi connectivity index (χ1n) is 12.2. The first-order chi connectivity index (χ1) is 18.4. The van der Waals surface area contributed by atoms with E-state index >= 15 is 0 Å². The quantitative estimate of drug-likeness (QED) is 0.325. The predicted octanol–water partition coefficient (Wildman–Crippen LogP) is 4.24. The van der Waals surface area contributed by atoms with Gasteiger partial charge in [0, 0.05) is 19.0 Å². The number of carbonyl (C=O) groups is 3. The van der Waals surface area contributed by atoms with Gasteiger partial charge in [-0.05, 0) is 60.5 Å². The molecule has 1 unspecified atom stereocenters. The van der Waals surface area contributed by atoms with Gasteiger partial charge in [0.2, 0.25) is 17.7 Å². The topological polar surface area (TPSA) is 102 Å². The molecule has 1 saturated heterocycles. The molecule has 0 aliphatic carbocycles. The maximum Gasteiger partial charge on any atom is 0.257 e. The number of benzene rings is 3. The number of oxazole rings is 1. The van der Waals surface area contributed by atoms with Crippen molar-refractivity contribution in [1.82, 2.24) is 9.88 Å². The van der Waals surface area contributed by atoms with Crippen LogP contribution in [-0.4, -0.2) is 54.4 Å². The van der Waals surface area contributed by atoms with Crippen molar-refractivity contribution in [2.24, 2.45) is 0 Å². The van der Waals surface area contributed by atoms with Crippen LogP contribution in [0.1, 0.15) is 18.9 Å². The fourth-order valence-corrected chi connectivity index (χ4v) is 4.70. The number of hydrogen-bond donors (Lipinski definition) is 0. The molecule has 38 heavy (non-hydrogen) atoms. The second-order valence-electron chi connectivity index (χ2n) is 8.97. The van der Waals surface area contributed by atoms with Crippen LogP contribution in [0.3, 0.4) is 0 Å². The van der Waals surface area contributed by atoms with E-state index in [1.807, 2.05) is 36.4 Å². The maximum atomic E-state index is 13.4. The fourth-order valence-electron chi connectivity index (χ4n) is 4.70. The number of amides is 3. The Labute approximate surface area is 219 Å². The summed E-state index contributed by atoms with van der Waals surface area (Å²) >= 11 is 0. The minimum Gasteiger partial charge on any atom is -0.493 e. The van der Waals surface area contributed by atoms with Crippen LogP contribution in [0.25, 0.3) is 22.6 Å². The van der Waals surface area contributed by atoms with Gasteiger partial charge in [0.05, 0.1) is 26.3 Å². The predicted molar refractivity (Wildman–Crippen MR) is 141 cm³/mol. The summed E-state index contributed by atoms with van der Waals surface area (Å²) in [5.41, 5.74) is 3.50. The number of fused-ring (bicyclic) bond motifs is 1. The Hall–Kier alpha value is -4.66. The second-order valence-corrected chi connectivity index (χ2v) is 8.97. The van der Waals surface area contributed by atoms with Crippen molar-refractivity contribution >= 4 is 34.5 Å². The number of imide groups is 1. The van der Waals surface area contributed by atoms with Gasteiger partial charge >= 0.3 is 0 Å². The lowest BCUT2D eigenvalue weighted by Gasteiger charge is -2.26. The zero-order chi connectivity index (χ0) is 26.8. The fraction of sp³-hybridized carbons (Fsp3) is 0.241. The van der Waals surface area contributed by atoms with Crippen molar-refractivity contribution in [2.75, 3.05) is 25.7 Å². The van der Waals surface area contributed by atoms with Gasteiger partial charge < -0.3 is 18.8 Å². The third kappa shape index (κ3) is 4.70. The van der Waals surface area contributed by atoms with Gasteiger partial charge in [0.1, 0.15) is 11.6 Å². The van der Waals surface area contributed by atoms with E-state index in [-0.39, 0.29) is 24.8 Å². The number of methoxy groups -OCH3 is 2. The Morgan fingerprint density at radius 2 is 1.76 bits per heavy atom. The van der Waals surface area contributed by atoms with Crippen LogP contribution in [-0.2, 0) is 20.8 Å². The van der Waals surface area contributed by atoms with Gasteiger partial charge in [-0.2, -0.15) is 0 Å². The third-order valence-electron chi connectivity index (χ3n) is 6.66. The molecule has 3 amide bonds. The molecule has 3 aromatic carbocycles. The molecule has 2 heterocycles. The van der Waals surface area contributed by atoms with Gasteiger partial charge in [-0.3, -0.25) is 14.4 Å². The molecule has 4 aromatic rings. The highest BCUT2D eigenvalue weighted by atomic mass is 16.5. The lowest BCUT2D eigenvalue weighted by Crippen LogP contribution is -2.45. The Balaban J connectivity index is 1.32. The Kier molecular flexibility index (Phi) is 6.83. The summed E-state index contributed by atoms with van der Waals surface area (Å²) < 4.78 is 16.4. The first-order valence-corrected chi connectivity index (χ1v) is 12.2. The van der Waals surface area contributed by atoms with E-state index in [1.165, 1.54) is 11.8 Å². The number of aromatic nitrogens is 1. The Morgan fingerprint density at radius 3 is 2.45 bits per heavy atom. The smallest absolute Gasteiger partial charge is 0.257 e. The number of nitrogens with zero attached hydrogens (tertiary/aromatic N) is 3. The van der Waals surface area contributed by atoms with Crippen LogP contribution >= 0.6 is 0 Å². The van der Waals surface area contributed by atoms with Crippen LogP contribution in [0.5, 0.6) is 11.5 Å². The van der Waals surface area contributed by atoms with Crippen LogP contribution < -0.4 is 14.4 Å². The van der Waals surface area contributed by atoms with Crippen LogP contribution in [0.4, 0.5) is 5.69 Å². The number of carbonyl (C=O) groups excluding carboxylic acids is 3. The monoisotopic (exact) mass is 513 g/mol. The van der Waals surface area contributed by atoms with Crippen molar-refractivity contribution < 1.29 is 28.3 Å². The average molecular weight is 514 g/mol. The highest BCUT2D eigenvalue weighted by molar-refractivity contribution is 6.23. The van der Waals surface area contributed by atoms with Crippen LogP contribution in [0, 0.1) is 0 Å². The lowest BCUT2D eigenvalue weighted by atomic mass is 10.1. The molecule has 0 N–H and O–H groups in total. The summed E-state index contributed by atoms with van der Waals surface area (Å²) in [5, 5.41) is 0. The van der Waals surface area contributed by atoms with E-state index in [1.54, 1.807) is 44.6 Å². The molecule has 9 heteroatoms. The molecule has 1 aromatic heterocycles. The molecular formula is C29H27N3O6. The van der Waals surface area contributed by atoms with E-state index in [9.17, 15) is 14.4 Å². The molecule has 1 aliphatic heterocycles. The molecule has 0 spiro atoms. The van der Waals surface area contributed by atoms with E-state index in [0.29, 0.717) is 35.1 Å². The van der Waals surface area contributed by atoms with Gasteiger partial charge in [0.25, 0.3) is 5.91 Å². The van der Waals surface area contributed by atoms with Crippen molar-refractivity contribution in [3.8, 4) is 23.0 Å². The number of ether oxygens (including phenoxy) is 2. The molecule has 194 valence electrons. The summed E-state index contributed by atoms with van der Waals surface area (Å²) in [7, 11) is 3.12.